The first-order valence-corrected chi connectivity index (χ1v) is 6.48. The highest BCUT2D eigenvalue weighted by atomic mass is 16.5. The standard InChI is InChI=1S/C14H24O3/c1-2-11-16-12-9-7-5-3-4-6-8-10-13-17-14-15/h1,14H,3-13H2. The fourth-order valence-corrected chi connectivity index (χ4v) is 1.63. The lowest BCUT2D eigenvalue weighted by atomic mass is 10.1. The van der Waals surface area contributed by atoms with Crippen LogP contribution < -0.4 is 0 Å². The number of carbonyl (C=O) groups excluding carboxylic acids is 1. The lowest BCUT2D eigenvalue weighted by molar-refractivity contribution is -0.128. The molecule has 3 nitrogen and oxygen atoms in total. The van der Waals surface area contributed by atoms with Crippen molar-refractivity contribution in [3.05, 3.63) is 0 Å². The molecule has 0 atom stereocenters. The minimum Gasteiger partial charge on any atom is -0.468 e. The summed E-state index contributed by atoms with van der Waals surface area (Å²) < 4.78 is 9.80. The maximum absolute atomic E-state index is 9.86. The summed E-state index contributed by atoms with van der Waals surface area (Å²) in [6.07, 6.45) is 14.6. The van der Waals surface area contributed by atoms with Crippen molar-refractivity contribution in [2.75, 3.05) is 19.8 Å². The third-order valence-electron chi connectivity index (χ3n) is 2.55. The molecule has 0 N–H and O–H groups in total. The van der Waals surface area contributed by atoms with Crippen LogP contribution in [0.2, 0.25) is 0 Å². The summed E-state index contributed by atoms with van der Waals surface area (Å²) >= 11 is 0. The Morgan fingerprint density at radius 1 is 0.882 bits per heavy atom. The Labute approximate surface area is 105 Å². The number of terminal acetylenes is 1. The van der Waals surface area contributed by atoms with Gasteiger partial charge >= 0.3 is 0 Å². The first kappa shape index (κ1) is 16.0. The molecule has 0 aliphatic rings. The summed E-state index contributed by atoms with van der Waals surface area (Å²) in [4.78, 5) is 9.86. The van der Waals surface area contributed by atoms with E-state index in [4.69, 9.17) is 11.2 Å². The van der Waals surface area contributed by atoms with Gasteiger partial charge in [0.1, 0.15) is 6.61 Å². The topological polar surface area (TPSA) is 35.5 Å². The molecule has 0 aliphatic heterocycles. The average molecular weight is 240 g/mol. The highest BCUT2D eigenvalue weighted by molar-refractivity contribution is 5.36. The lowest BCUT2D eigenvalue weighted by Gasteiger charge is -2.02. The molecule has 98 valence electrons. The summed E-state index contributed by atoms with van der Waals surface area (Å²) in [5, 5.41) is 0. The molecule has 3 heteroatoms. The number of rotatable bonds is 13. The number of hydrogen-bond acceptors (Lipinski definition) is 3. The van der Waals surface area contributed by atoms with Gasteiger partial charge in [0, 0.05) is 6.61 Å². The fraction of sp³-hybridized carbons (Fsp3) is 0.786. The number of hydrogen-bond donors (Lipinski definition) is 0. The van der Waals surface area contributed by atoms with Gasteiger partial charge in [-0.3, -0.25) is 4.79 Å². The molecule has 17 heavy (non-hydrogen) atoms. The van der Waals surface area contributed by atoms with E-state index in [0.29, 0.717) is 19.7 Å². The zero-order chi connectivity index (χ0) is 12.6. The van der Waals surface area contributed by atoms with Crippen LogP contribution in [0.3, 0.4) is 0 Å². The Bertz CT molecular complexity index is 196. The molecule has 0 heterocycles. The molecule has 0 saturated carbocycles. The van der Waals surface area contributed by atoms with Gasteiger partial charge in [-0.2, -0.15) is 0 Å². The fourth-order valence-electron chi connectivity index (χ4n) is 1.63. The van der Waals surface area contributed by atoms with Gasteiger partial charge in [0.25, 0.3) is 6.47 Å². The molecule has 0 aromatic rings. The zero-order valence-corrected chi connectivity index (χ0v) is 10.7. The van der Waals surface area contributed by atoms with Crippen LogP contribution in [0.25, 0.3) is 0 Å². The Morgan fingerprint density at radius 3 is 1.94 bits per heavy atom. The SMILES string of the molecule is C#CCOCCCCCCCCCCOC=O. The Hall–Kier alpha value is -1.01. The van der Waals surface area contributed by atoms with Gasteiger partial charge in [-0.25, -0.2) is 0 Å². The molecule has 0 aliphatic carbocycles. The van der Waals surface area contributed by atoms with Crippen LogP contribution in [0.5, 0.6) is 0 Å². The Morgan fingerprint density at radius 2 is 1.41 bits per heavy atom. The summed E-state index contributed by atoms with van der Waals surface area (Å²) in [6.45, 7) is 2.30. The van der Waals surface area contributed by atoms with E-state index in [9.17, 15) is 4.79 Å². The van der Waals surface area contributed by atoms with Crippen molar-refractivity contribution < 1.29 is 14.3 Å². The lowest BCUT2D eigenvalue weighted by Crippen LogP contribution is -1.94. The van der Waals surface area contributed by atoms with E-state index < -0.39 is 0 Å². The predicted octanol–water partition coefficient (Wildman–Crippen LogP) is 2.93. The minimum atomic E-state index is 0.433. The van der Waals surface area contributed by atoms with Crippen LogP contribution in [0.15, 0.2) is 0 Å². The van der Waals surface area contributed by atoms with Gasteiger partial charge in [0.15, 0.2) is 0 Å². The summed E-state index contributed by atoms with van der Waals surface area (Å²) in [7, 11) is 0. The van der Waals surface area contributed by atoms with E-state index in [2.05, 4.69) is 10.7 Å². The van der Waals surface area contributed by atoms with E-state index in [1.807, 2.05) is 0 Å². The number of carbonyl (C=O) groups is 1. The second-order valence-electron chi connectivity index (χ2n) is 4.05. The van der Waals surface area contributed by atoms with Gasteiger partial charge in [-0.05, 0) is 12.8 Å². The quantitative estimate of drug-likeness (QED) is 0.282. The monoisotopic (exact) mass is 240 g/mol. The predicted molar refractivity (Wildman–Crippen MR) is 68.6 cm³/mol. The van der Waals surface area contributed by atoms with E-state index in [0.717, 1.165) is 25.9 Å². The first-order chi connectivity index (χ1) is 8.41. The van der Waals surface area contributed by atoms with Gasteiger partial charge in [0.2, 0.25) is 0 Å². The third-order valence-corrected chi connectivity index (χ3v) is 2.55. The second kappa shape index (κ2) is 15.0. The molecule has 0 radical (unpaired) electrons. The van der Waals surface area contributed by atoms with Crippen molar-refractivity contribution in [3.63, 3.8) is 0 Å². The smallest absolute Gasteiger partial charge is 0.293 e. The first-order valence-electron chi connectivity index (χ1n) is 6.48. The molecule has 0 fully saturated rings. The van der Waals surface area contributed by atoms with Gasteiger partial charge in [0.05, 0.1) is 6.61 Å². The molecule has 0 aromatic carbocycles. The molecule has 0 bridgehead atoms. The third kappa shape index (κ3) is 15.0. The van der Waals surface area contributed by atoms with Gasteiger partial charge in [-0.15, -0.1) is 6.42 Å². The van der Waals surface area contributed by atoms with Crippen LogP contribution >= 0.6 is 0 Å². The van der Waals surface area contributed by atoms with Crippen LogP contribution in [0.4, 0.5) is 0 Å². The number of unbranched alkanes of at least 4 members (excludes halogenated alkanes) is 7. The van der Waals surface area contributed by atoms with Crippen molar-refractivity contribution in [3.8, 4) is 12.3 Å². The van der Waals surface area contributed by atoms with Crippen LogP contribution in [-0.2, 0) is 14.3 Å². The maximum Gasteiger partial charge on any atom is 0.293 e. The summed E-state index contributed by atoms with van der Waals surface area (Å²) in [6, 6.07) is 0. The second-order valence-corrected chi connectivity index (χ2v) is 4.05. The van der Waals surface area contributed by atoms with Crippen LogP contribution in [0, 0.1) is 12.3 Å². The van der Waals surface area contributed by atoms with Crippen molar-refractivity contribution in [1.29, 1.82) is 0 Å². The largest absolute Gasteiger partial charge is 0.468 e. The molecule has 0 aromatic heterocycles. The molecule has 0 unspecified atom stereocenters. The van der Waals surface area contributed by atoms with E-state index in [-0.39, 0.29) is 0 Å². The average Bonchev–Trinajstić information content (AvgIpc) is 2.35. The Balaban J connectivity index is 2.89. The molecule has 0 amide bonds. The maximum atomic E-state index is 9.86. The van der Waals surface area contributed by atoms with Crippen molar-refractivity contribution in [2.24, 2.45) is 0 Å². The Kier molecular flexibility index (Phi) is 14.1. The molecule has 0 saturated heterocycles. The molecule has 0 spiro atoms. The molecule has 0 rings (SSSR count). The van der Waals surface area contributed by atoms with Crippen LogP contribution in [0.1, 0.15) is 51.4 Å². The van der Waals surface area contributed by atoms with Gasteiger partial charge < -0.3 is 9.47 Å². The highest BCUT2D eigenvalue weighted by Gasteiger charge is 1.93. The van der Waals surface area contributed by atoms with E-state index in [1.54, 1.807) is 0 Å². The van der Waals surface area contributed by atoms with E-state index in [1.165, 1.54) is 32.1 Å². The summed E-state index contributed by atoms with van der Waals surface area (Å²) in [5.41, 5.74) is 0. The molecular weight excluding hydrogens is 216 g/mol. The summed E-state index contributed by atoms with van der Waals surface area (Å²) in [5.74, 6) is 2.45. The zero-order valence-electron chi connectivity index (χ0n) is 10.7. The molecular formula is C14H24O3. The van der Waals surface area contributed by atoms with Crippen molar-refractivity contribution in [2.45, 2.75) is 51.4 Å². The van der Waals surface area contributed by atoms with Crippen molar-refractivity contribution in [1.82, 2.24) is 0 Å². The minimum absolute atomic E-state index is 0.433. The normalized spacial score (nSPS) is 9.82. The van der Waals surface area contributed by atoms with Crippen LogP contribution in [-0.4, -0.2) is 26.3 Å². The van der Waals surface area contributed by atoms with Gasteiger partial charge in [-0.1, -0.05) is 44.4 Å². The van der Waals surface area contributed by atoms with Crippen molar-refractivity contribution >= 4 is 6.47 Å². The highest BCUT2D eigenvalue weighted by Crippen LogP contribution is 2.08. The van der Waals surface area contributed by atoms with E-state index >= 15 is 0 Å². The number of ether oxygens (including phenoxy) is 2.